The van der Waals surface area contributed by atoms with Gasteiger partial charge in [-0.05, 0) is 12.1 Å². The molecule has 0 aliphatic carbocycles. The van der Waals surface area contributed by atoms with E-state index in [-0.39, 0.29) is 17.7 Å². The Labute approximate surface area is 104 Å². The standard InChI is InChI=1S/C11H12ClN3O2/c12-8-1-2-10(15-9(8)3-13)14-4-11(5-16)6-17-7-11/h1-2,16H,4-7H2,(H,14,15). The smallest absolute Gasteiger partial charge is 0.161 e. The summed E-state index contributed by atoms with van der Waals surface area (Å²) in [5.41, 5.74) is -0.0340. The zero-order valence-electron chi connectivity index (χ0n) is 9.11. The van der Waals surface area contributed by atoms with Gasteiger partial charge in [0, 0.05) is 6.54 Å². The Balaban J connectivity index is 2.02. The molecular weight excluding hydrogens is 242 g/mol. The van der Waals surface area contributed by atoms with E-state index in [1.54, 1.807) is 12.1 Å². The van der Waals surface area contributed by atoms with E-state index in [0.29, 0.717) is 30.6 Å². The summed E-state index contributed by atoms with van der Waals surface area (Å²) in [6.45, 7) is 1.70. The van der Waals surface area contributed by atoms with Crippen LogP contribution >= 0.6 is 11.6 Å². The van der Waals surface area contributed by atoms with E-state index in [4.69, 9.17) is 21.6 Å². The monoisotopic (exact) mass is 253 g/mol. The highest BCUT2D eigenvalue weighted by atomic mass is 35.5. The molecule has 2 N–H and O–H groups in total. The van der Waals surface area contributed by atoms with Crippen molar-refractivity contribution < 1.29 is 9.84 Å². The van der Waals surface area contributed by atoms with Crippen LogP contribution in [0.1, 0.15) is 5.69 Å². The molecule has 6 heteroatoms. The van der Waals surface area contributed by atoms with Gasteiger partial charge in [-0.1, -0.05) is 11.6 Å². The summed E-state index contributed by atoms with van der Waals surface area (Å²) in [5.74, 6) is 0.575. The molecule has 2 heterocycles. The molecule has 0 unspecified atom stereocenters. The van der Waals surface area contributed by atoms with Crippen LogP contribution in [0.5, 0.6) is 0 Å². The second-order valence-electron chi connectivity index (χ2n) is 4.14. The Morgan fingerprint density at radius 1 is 1.59 bits per heavy atom. The minimum atomic E-state index is -0.228. The van der Waals surface area contributed by atoms with Crippen LogP contribution in [0.15, 0.2) is 12.1 Å². The molecule has 1 aliphatic heterocycles. The number of aliphatic hydroxyl groups excluding tert-OH is 1. The number of hydrogen-bond acceptors (Lipinski definition) is 5. The summed E-state index contributed by atoms with van der Waals surface area (Å²) in [5, 5.41) is 21.4. The van der Waals surface area contributed by atoms with E-state index in [2.05, 4.69) is 10.3 Å². The quantitative estimate of drug-likeness (QED) is 0.838. The molecule has 1 fully saturated rings. The normalized spacial score (nSPS) is 17.0. The average Bonchev–Trinajstić information content (AvgIpc) is 2.30. The zero-order valence-corrected chi connectivity index (χ0v) is 9.87. The lowest BCUT2D eigenvalue weighted by Gasteiger charge is -2.39. The second-order valence-corrected chi connectivity index (χ2v) is 4.55. The Morgan fingerprint density at radius 3 is 2.88 bits per heavy atom. The van der Waals surface area contributed by atoms with Crippen molar-refractivity contribution >= 4 is 17.4 Å². The summed E-state index contributed by atoms with van der Waals surface area (Å²) < 4.78 is 5.09. The highest BCUT2D eigenvalue weighted by Crippen LogP contribution is 2.27. The molecule has 90 valence electrons. The number of aromatic nitrogens is 1. The van der Waals surface area contributed by atoms with Crippen molar-refractivity contribution in [2.75, 3.05) is 31.7 Å². The van der Waals surface area contributed by atoms with Crippen LogP contribution in [-0.4, -0.2) is 36.5 Å². The predicted molar refractivity (Wildman–Crippen MR) is 62.8 cm³/mol. The molecule has 1 saturated heterocycles. The minimum absolute atomic E-state index is 0.0682. The van der Waals surface area contributed by atoms with Crippen LogP contribution in [0, 0.1) is 16.7 Å². The van der Waals surface area contributed by atoms with Gasteiger partial charge in [0.15, 0.2) is 5.69 Å². The summed E-state index contributed by atoms with van der Waals surface area (Å²) in [6, 6.07) is 5.24. The van der Waals surface area contributed by atoms with Crippen LogP contribution in [-0.2, 0) is 4.74 Å². The SMILES string of the molecule is N#Cc1nc(NCC2(CO)COC2)ccc1Cl. The predicted octanol–water partition coefficient (Wildman–Crippen LogP) is 1.03. The van der Waals surface area contributed by atoms with Gasteiger partial charge < -0.3 is 15.2 Å². The second kappa shape index (κ2) is 4.88. The number of hydrogen-bond donors (Lipinski definition) is 2. The molecule has 0 aromatic carbocycles. The molecule has 0 radical (unpaired) electrons. The summed E-state index contributed by atoms with van der Waals surface area (Å²) in [4.78, 5) is 4.06. The van der Waals surface area contributed by atoms with E-state index in [1.807, 2.05) is 6.07 Å². The van der Waals surface area contributed by atoms with Crippen molar-refractivity contribution in [2.24, 2.45) is 5.41 Å². The molecule has 17 heavy (non-hydrogen) atoms. The lowest BCUT2D eigenvalue weighted by Crippen LogP contribution is -2.50. The summed E-state index contributed by atoms with van der Waals surface area (Å²) in [6.07, 6.45) is 0. The molecule has 2 rings (SSSR count). The molecule has 0 spiro atoms. The third-order valence-corrected chi connectivity index (χ3v) is 3.05. The maximum Gasteiger partial charge on any atom is 0.161 e. The van der Waals surface area contributed by atoms with E-state index >= 15 is 0 Å². The summed E-state index contributed by atoms with van der Waals surface area (Å²) >= 11 is 5.78. The number of pyridine rings is 1. The summed E-state index contributed by atoms with van der Waals surface area (Å²) in [7, 11) is 0. The molecule has 1 aromatic heterocycles. The number of nitriles is 1. The lowest BCUT2D eigenvalue weighted by atomic mass is 9.87. The highest BCUT2D eigenvalue weighted by Gasteiger charge is 2.37. The van der Waals surface area contributed by atoms with Crippen molar-refractivity contribution in [3.05, 3.63) is 22.8 Å². The Bertz CT molecular complexity index is 449. The van der Waals surface area contributed by atoms with Gasteiger partial charge in [-0.3, -0.25) is 0 Å². The van der Waals surface area contributed by atoms with Crippen molar-refractivity contribution in [3.8, 4) is 6.07 Å². The fourth-order valence-electron chi connectivity index (χ4n) is 1.54. The Hall–Kier alpha value is -1.35. The molecule has 0 saturated carbocycles. The maximum atomic E-state index is 9.25. The Kier molecular flexibility index (Phi) is 3.48. The molecule has 1 aliphatic rings. The van der Waals surface area contributed by atoms with E-state index < -0.39 is 0 Å². The van der Waals surface area contributed by atoms with Crippen LogP contribution in [0.25, 0.3) is 0 Å². The number of aliphatic hydroxyl groups is 1. The first-order valence-electron chi connectivity index (χ1n) is 5.18. The van der Waals surface area contributed by atoms with Crippen molar-refractivity contribution in [2.45, 2.75) is 0 Å². The molecule has 1 aromatic rings. The van der Waals surface area contributed by atoms with E-state index in [0.717, 1.165) is 0 Å². The van der Waals surface area contributed by atoms with Crippen molar-refractivity contribution in [3.63, 3.8) is 0 Å². The van der Waals surface area contributed by atoms with Gasteiger partial charge in [-0.25, -0.2) is 4.98 Å². The Morgan fingerprint density at radius 2 is 2.35 bits per heavy atom. The topological polar surface area (TPSA) is 78.2 Å². The molecule has 0 bridgehead atoms. The van der Waals surface area contributed by atoms with Gasteiger partial charge in [0.25, 0.3) is 0 Å². The van der Waals surface area contributed by atoms with Gasteiger partial charge in [-0.15, -0.1) is 0 Å². The number of anilines is 1. The fourth-order valence-corrected chi connectivity index (χ4v) is 1.68. The molecule has 5 nitrogen and oxygen atoms in total. The van der Waals surface area contributed by atoms with Gasteiger partial charge in [-0.2, -0.15) is 5.26 Å². The maximum absolute atomic E-state index is 9.25. The molecule has 0 amide bonds. The first-order chi connectivity index (χ1) is 8.19. The third-order valence-electron chi connectivity index (χ3n) is 2.75. The van der Waals surface area contributed by atoms with Gasteiger partial charge >= 0.3 is 0 Å². The first kappa shape index (κ1) is 12.1. The van der Waals surface area contributed by atoms with E-state index in [9.17, 15) is 5.11 Å². The zero-order chi connectivity index (χ0) is 12.3. The van der Waals surface area contributed by atoms with Gasteiger partial charge in [0.2, 0.25) is 0 Å². The number of ether oxygens (including phenoxy) is 1. The van der Waals surface area contributed by atoms with Crippen molar-refractivity contribution in [1.82, 2.24) is 4.98 Å². The minimum Gasteiger partial charge on any atom is -0.396 e. The van der Waals surface area contributed by atoms with Gasteiger partial charge in [0.05, 0.1) is 30.3 Å². The van der Waals surface area contributed by atoms with Crippen LogP contribution in [0.4, 0.5) is 5.82 Å². The fraction of sp³-hybridized carbons (Fsp3) is 0.455. The number of halogens is 1. The van der Waals surface area contributed by atoms with Crippen LogP contribution in [0.2, 0.25) is 5.02 Å². The van der Waals surface area contributed by atoms with Crippen molar-refractivity contribution in [1.29, 1.82) is 5.26 Å². The first-order valence-corrected chi connectivity index (χ1v) is 5.56. The molecule has 0 atom stereocenters. The van der Waals surface area contributed by atoms with Gasteiger partial charge in [0.1, 0.15) is 11.9 Å². The molecular formula is C11H12ClN3O2. The highest BCUT2D eigenvalue weighted by molar-refractivity contribution is 6.31. The third kappa shape index (κ3) is 2.50. The van der Waals surface area contributed by atoms with Crippen LogP contribution < -0.4 is 5.32 Å². The number of nitrogens with one attached hydrogen (secondary N) is 1. The lowest BCUT2D eigenvalue weighted by molar-refractivity contribution is -0.128. The number of rotatable bonds is 4. The van der Waals surface area contributed by atoms with Crippen LogP contribution in [0.3, 0.4) is 0 Å². The largest absolute Gasteiger partial charge is 0.396 e. The number of nitrogens with zero attached hydrogens (tertiary/aromatic N) is 2. The average molecular weight is 254 g/mol. The van der Waals surface area contributed by atoms with E-state index in [1.165, 1.54) is 0 Å².